The Bertz CT molecular complexity index is 1600. The molecule has 1 fully saturated rings. The number of phenolic OH excluding ortho intramolecular Hbond substituents is 1. The van der Waals surface area contributed by atoms with Gasteiger partial charge in [-0.3, -0.25) is 19.3 Å². The lowest BCUT2D eigenvalue weighted by molar-refractivity contribution is -0.153. The van der Waals surface area contributed by atoms with Crippen molar-refractivity contribution in [2.24, 2.45) is 17.6 Å². The van der Waals surface area contributed by atoms with E-state index in [2.05, 4.69) is 5.32 Å². The van der Waals surface area contributed by atoms with Gasteiger partial charge in [0.25, 0.3) is 5.91 Å². The minimum Gasteiger partial charge on any atom is -0.508 e. The number of Topliss-reactive ketones (excluding diaryl/α,β-unsaturated/α-hetero) is 2. The molecule has 1 unspecified atom stereocenters. The number of hydrogen-bond acceptors (Lipinski definition) is 10. The summed E-state index contributed by atoms with van der Waals surface area (Å²) in [5, 5.41) is 48.2. The number of nitrogens with zero attached hydrogens (tertiary/aromatic N) is 1. The van der Waals surface area contributed by atoms with Gasteiger partial charge in [0.05, 0.1) is 18.7 Å². The maximum atomic E-state index is 14.0. The number of benzene rings is 2. The number of primary amides is 1. The predicted octanol–water partition coefficient (Wildman–Crippen LogP) is 1.70. The van der Waals surface area contributed by atoms with Crippen molar-refractivity contribution in [1.82, 2.24) is 10.2 Å². The molecular weight excluding hydrogens is 561 g/mol. The van der Waals surface area contributed by atoms with Gasteiger partial charge in [-0.25, -0.2) is 4.39 Å². The summed E-state index contributed by atoms with van der Waals surface area (Å²) < 4.78 is 18.3. The number of carbonyl (C=O) groups is 3. The standard InChI is InChI=1S/C31H34FN3O8/c1-35(2)25-19-12-15-11-18-16(17-10-14(13-34-9-8-32)4-7-21(17)43-3)5-6-20(36)23(18)26(37)22(15)28(39)31(19,42)29(40)24(27(25)38)30(33)41/h4-7,10,15,19,25,34,36-37,40,42H,8-9,11-13H2,1-3H3,(H2,33,41)/t15-,19-,25?,31-/m1/s1. The van der Waals surface area contributed by atoms with Crippen molar-refractivity contribution < 1.29 is 43.9 Å². The summed E-state index contributed by atoms with van der Waals surface area (Å²) in [6.45, 7) is 0.0528. The van der Waals surface area contributed by atoms with E-state index >= 15 is 0 Å². The van der Waals surface area contributed by atoms with E-state index in [9.17, 15) is 39.2 Å². The molecule has 0 spiro atoms. The van der Waals surface area contributed by atoms with Crippen LogP contribution < -0.4 is 15.8 Å². The number of phenols is 1. The van der Waals surface area contributed by atoms with E-state index in [-0.39, 0.29) is 36.3 Å². The number of nitrogens with one attached hydrogen (secondary N) is 1. The molecule has 2 aromatic rings. The lowest BCUT2D eigenvalue weighted by Gasteiger charge is -2.50. The number of nitrogens with two attached hydrogens (primary N) is 1. The number of aromatic hydroxyl groups is 1. The summed E-state index contributed by atoms with van der Waals surface area (Å²) in [6, 6.07) is 7.31. The predicted molar refractivity (Wildman–Crippen MR) is 154 cm³/mol. The van der Waals surface area contributed by atoms with E-state index in [0.29, 0.717) is 29.0 Å². The number of rotatable bonds is 8. The van der Waals surface area contributed by atoms with Crippen molar-refractivity contribution in [1.29, 1.82) is 0 Å². The van der Waals surface area contributed by atoms with Crippen LogP contribution in [0.15, 0.2) is 47.2 Å². The molecule has 12 heteroatoms. The number of aliphatic hydroxyl groups excluding tert-OH is 2. The molecule has 5 rings (SSSR count). The Morgan fingerprint density at radius 2 is 1.88 bits per heavy atom. The zero-order valence-corrected chi connectivity index (χ0v) is 24.0. The smallest absolute Gasteiger partial charge is 0.255 e. The fourth-order valence-corrected chi connectivity index (χ4v) is 6.87. The second-order valence-corrected chi connectivity index (χ2v) is 11.3. The molecule has 0 radical (unpaired) electrons. The minimum atomic E-state index is -2.71. The third-order valence-corrected chi connectivity index (χ3v) is 8.76. The van der Waals surface area contributed by atoms with E-state index in [4.69, 9.17) is 10.5 Å². The summed E-state index contributed by atoms with van der Waals surface area (Å²) >= 11 is 0. The monoisotopic (exact) mass is 595 g/mol. The normalized spacial score (nSPS) is 25.0. The molecule has 0 bridgehead atoms. The first kappa shape index (κ1) is 30.2. The fraction of sp³-hybridized carbons (Fsp3) is 0.387. The minimum absolute atomic E-state index is 0.0169. The Kier molecular flexibility index (Phi) is 7.80. The molecule has 228 valence electrons. The second kappa shape index (κ2) is 11.1. The van der Waals surface area contributed by atoms with Crippen LogP contribution in [0.5, 0.6) is 11.5 Å². The molecule has 0 heterocycles. The first-order chi connectivity index (χ1) is 20.4. The van der Waals surface area contributed by atoms with Crippen molar-refractivity contribution >= 4 is 23.2 Å². The van der Waals surface area contributed by atoms with Crippen LogP contribution >= 0.6 is 0 Å². The van der Waals surface area contributed by atoms with Gasteiger partial charge < -0.3 is 36.2 Å². The number of halogens is 1. The topological polar surface area (TPSA) is 183 Å². The molecule has 11 nitrogen and oxygen atoms in total. The number of ketones is 2. The van der Waals surface area contributed by atoms with Crippen LogP contribution in [-0.2, 0) is 27.3 Å². The highest BCUT2D eigenvalue weighted by atomic mass is 19.1. The Morgan fingerprint density at radius 1 is 1.16 bits per heavy atom. The van der Waals surface area contributed by atoms with Gasteiger partial charge in [-0.2, -0.15) is 0 Å². The first-order valence-electron chi connectivity index (χ1n) is 13.8. The van der Waals surface area contributed by atoms with E-state index in [0.717, 1.165) is 5.56 Å². The zero-order chi connectivity index (χ0) is 31.4. The van der Waals surface area contributed by atoms with Crippen LogP contribution in [0.1, 0.15) is 23.1 Å². The van der Waals surface area contributed by atoms with Crippen LogP contribution in [0.25, 0.3) is 16.9 Å². The van der Waals surface area contributed by atoms with E-state index < -0.39 is 64.7 Å². The molecule has 1 amide bonds. The van der Waals surface area contributed by atoms with Crippen LogP contribution in [0, 0.1) is 11.8 Å². The zero-order valence-electron chi connectivity index (χ0n) is 24.0. The first-order valence-corrected chi connectivity index (χ1v) is 13.8. The molecule has 1 saturated carbocycles. The number of aliphatic hydroxyl groups is 3. The molecule has 7 N–H and O–H groups in total. The average molecular weight is 596 g/mol. The highest BCUT2D eigenvalue weighted by molar-refractivity contribution is 6.24. The maximum absolute atomic E-state index is 14.0. The summed E-state index contributed by atoms with van der Waals surface area (Å²) in [7, 11) is 4.60. The second-order valence-electron chi connectivity index (χ2n) is 11.3. The van der Waals surface area contributed by atoms with Gasteiger partial charge in [0, 0.05) is 30.1 Å². The summed E-state index contributed by atoms with van der Waals surface area (Å²) in [6.07, 6.45) is 0.108. The van der Waals surface area contributed by atoms with Crippen LogP contribution in [0.2, 0.25) is 0 Å². The van der Waals surface area contributed by atoms with E-state index in [1.54, 1.807) is 26.2 Å². The van der Waals surface area contributed by atoms with Crippen molar-refractivity contribution in [3.8, 4) is 22.6 Å². The number of hydrogen-bond donors (Lipinski definition) is 6. The fourth-order valence-electron chi connectivity index (χ4n) is 6.87. The van der Waals surface area contributed by atoms with Crippen molar-refractivity contribution in [2.45, 2.75) is 31.0 Å². The Morgan fingerprint density at radius 3 is 2.51 bits per heavy atom. The van der Waals surface area contributed by atoms with Gasteiger partial charge in [-0.15, -0.1) is 0 Å². The van der Waals surface area contributed by atoms with Gasteiger partial charge in [-0.1, -0.05) is 12.1 Å². The SMILES string of the molecule is COc1ccc(CNCCF)cc1-c1ccc(O)c2c1C[C@@H]1C[C@@H]3C(N(C)C)C(=O)C(C(N)=O)=C(O)[C@]3(O)C(=O)C1=C2O. The van der Waals surface area contributed by atoms with Crippen LogP contribution in [-0.4, -0.2) is 88.9 Å². The van der Waals surface area contributed by atoms with Gasteiger partial charge in [0.1, 0.15) is 35.3 Å². The molecule has 0 aliphatic heterocycles. The number of likely N-dealkylation sites (N-methyl/N-ethyl adjacent to an activating group) is 1. The molecule has 3 aliphatic rings. The van der Waals surface area contributed by atoms with Crippen molar-refractivity contribution in [3.63, 3.8) is 0 Å². The number of ether oxygens (including phenoxy) is 1. The molecule has 0 saturated heterocycles. The van der Waals surface area contributed by atoms with E-state index in [1.807, 2.05) is 12.1 Å². The molecule has 43 heavy (non-hydrogen) atoms. The highest BCUT2D eigenvalue weighted by Crippen LogP contribution is 2.54. The number of carbonyl (C=O) groups excluding carboxylic acids is 3. The molecule has 0 aromatic heterocycles. The molecule has 3 aliphatic carbocycles. The number of methoxy groups -OCH3 is 1. The molecule has 2 aromatic carbocycles. The van der Waals surface area contributed by atoms with Gasteiger partial charge in [-0.05, 0) is 67.7 Å². The number of amides is 1. The van der Waals surface area contributed by atoms with Crippen molar-refractivity contribution in [3.05, 3.63) is 63.9 Å². The summed E-state index contributed by atoms with van der Waals surface area (Å²) in [4.78, 5) is 41.0. The number of alkyl halides is 1. The largest absolute Gasteiger partial charge is 0.508 e. The summed E-state index contributed by atoms with van der Waals surface area (Å²) in [5.74, 6) is -6.59. The maximum Gasteiger partial charge on any atom is 0.255 e. The lowest BCUT2D eigenvalue weighted by atomic mass is 9.57. The summed E-state index contributed by atoms with van der Waals surface area (Å²) in [5.41, 5.74) is 4.16. The average Bonchev–Trinajstić information content (AvgIpc) is 2.95. The van der Waals surface area contributed by atoms with Crippen LogP contribution in [0.3, 0.4) is 0 Å². The third-order valence-electron chi connectivity index (χ3n) is 8.76. The molecule has 4 atom stereocenters. The quantitative estimate of drug-likeness (QED) is 0.194. The van der Waals surface area contributed by atoms with Gasteiger partial charge in [0.15, 0.2) is 11.4 Å². The van der Waals surface area contributed by atoms with Crippen molar-refractivity contribution in [2.75, 3.05) is 34.4 Å². The lowest BCUT2D eigenvalue weighted by Crippen LogP contribution is -2.65. The van der Waals surface area contributed by atoms with Crippen LogP contribution in [0.4, 0.5) is 4.39 Å². The van der Waals surface area contributed by atoms with E-state index in [1.165, 1.54) is 18.1 Å². The molecular formula is C31H34FN3O8. The Balaban J connectivity index is 1.69. The Labute approximate surface area is 247 Å². The highest BCUT2D eigenvalue weighted by Gasteiger charge is 2.64. The third kappa shape index (κ3) is 4.57. The Hall–Kier alpha value is -4.26. The van der Waals surface area contributed by atoms with Gasteiger partial charge in [0.2, 0.25) is 5.78 Å². The number of fused-ring (bicyclic) bond motifs is 3. The van der Waals surface area contributed by atoms with Gasteiger partial charge >= 0.3 is 0 Å².